The van der Waals surface area contributed by atoms with Crippen LogP contribution in [0, 0.1) is 28.9 Å². The van der Waals surface area contributed by atoms with Gasteiger partial charge < -0.3 is 15.2 Å². The predicted molar refractivity (Wildman–Crippen MR) is 107 cm³/mol. The third-order valence-electron chi connectivity index (χ3n) is 5.13. The first-order valence-corrected chi connectivity index (χ1v) is 9.17. The maximum atomic E-state index is 14.8. The number of pyridine rings is 1. The van der Waals surface area contributed by atoms with Crippen LogP contribution in [0.3, 0.4) is 0 Å². The van der Waals surface area contributed by atoms with E-state index in [-0.39, 0.29) is 34.3 Å². The summed E-state index contributed by atoms with van der Waals surface area (Å²) in [5.41, 5.74) is -0.676. The molecule has 0 spiro atoms. The molecule has 1 atom stereocenters. The maximum Gasteiger partial charge on any atom is 0.305 e. The number of aliphatic carboxylic acids is 1. The lowest BCUT2D eigenvalue weighted by molar-refractivity contribution is -0.138. The van der Waals surface area contributed by atoms with E-state index in [9.17, 15) is 23.2 Å². The Morgan fingerprint density at radius 2 is 2.03 bits per heavy atom. The fourth-order valence-corrected chi connectivity index (χ4v) is 3.23. The normalized spacial score (nSPS) is 12.5. The topological polar surface area (TPSA) is 100 Å². The number of hydrogen-bond donors (Lipinski definition) is 2. The van der Waals surface area contributed by atoms with Crippen LogP contribution in [0.15, 0.2) is 30.6 Å². The van der Waals surface area contributed by atoms with E-state index in [1.54, 1.807) is 20.0 Å². The van der Waals surface area contributed by atoms with Gasteiger partial charge in [-0.3, -0.25) is 9.36 Å². The molecule has 2 aromatic heterocycles. The summed E-state index contributed by atoms with van der Waals surface area (Å²) in [4.78, 5) is 15.2. The van der Waals surface area contributed by atoms with Gasteiger partial charge in [0.15, 0.2) is 23.6 Å². The average molecular weight is 432 g/mol. The van der Waals surface area contributed by atoms with Crippen LogP contribution in [-0.2, 0) is 9.53 Å². The number of aromatic nitrogens is 2. The monoisotopic (exact) mass is 432 g/mol. The van der Waals surface area contributed by atoms with Crippen LogP contribution >= 0.6 is 0 Å². The second-order valence-electron chi connectivity index (χ2n) is 7.45. The van der Waals surface area contributed by atoms with Crippen molar-refractivity contribution in [3.05, 3.63) is 48.0 Å². The van der Waals surface area contributed by atoms with Gasteiger partial charge in [-0.1, -0.05) is 0 Å². The Labute approximate surface area is 175 Å². The number of anilines is 1. The van der Waals surface area contributed by atoms with Crippen LogP contribution < -0.4 is 5.32 Å². The molecule has 1 aromatic carbocycles. The minimum atomic E-state index is -1.10. The molecule has 0 saturated heterocycles. The van der Waals surface area contributed by atoms with Crippen molar-refractivity contribution < 1.29 is 27.8 Å². The van der Waals surface area contributed by atoms with Crippen molar-refractivity contribution in [2.24, 2.45) is 0 Å². The molecule has 0 bridgehead atoms. The van der Waals surface area contributed by atoms with Gasteiger partial charge in [0.2, 0.25) is 0 Å². The summed E-state index contributed by atoms with van der Waals surface area (Å²) in [6.45, 7) is 3.31. The molecule has 0 saturated carbocycles. The summed E-state index contributed by atoms with van der Waals surface area (Å²) >= 11 is 0. The van der Waals surface area contributed by atoms with Crippen molar-refractivity contribution in [2.75, 3.05) is 12.4 Å². The number of halogens is 3. The molecule has 0 aliphatic heterocycles. The quantitative estimate of drug-likeness (QED) is 0.582. The molecule has 2 heterocycles. The number of benzene rings is 1. The predicted octanol–water partition coefficient (Wildman–Crippen LogP) is 4.13. The van der Waals surface area contributed by atoms with Gasteiger partial charge in [0.1, 0.15) is 5.82 Å². The summed E-state index contributed by atoms with van der Waals surface area (Å²) in [7, 11) is 1.41. The number of hydrogen-bond acceptors (Lipinski definition) is 5. The van der Waals surface area contributed by atoms with Crippen molar-refractivity contribution in [3.63, 3.8) is 0 Å². The van der Waals surface area contributed by atoms with Crippen molar-refractivity contribution in [2.45, 2.75) is 31.9 Å². The lowest BCUT2D eigenvalue weighted by atomic mass is 9.95. The van der Waals surface area contributed by atoms with Crippen molar-refractivity contribution in [1.82, 2.24) is 9.55 Å². The highest BCUT2D eigenvalue weighted by Crippen LogP contribution is 2.33. The Hall–Kier alpha value is -3.58. The minimum Gasteiger partial charge on any atom is -0.481 e. The molecule has 1 unspecified atom stereocenters. The second-order valence-corrected chi connectivity index (χ2v) is 7.45. The number of fused-ring (bicyclic) bond motifs is 1. The molecule has 3 aromatic rings. The van der Waals surface area contributed by atoms with E-state index in [2.05, 4.69) is 10.3 Å². The van der Waals surface area contributed by atoms with E-state index < -0.39 is 35.1 Å². The first-order valence-electron chi connectivity index (χ1n) is 9.17. The molecule has 0 amide bonds. The first-order chi connectivity index (χ1) is 14.6. The van der Waals surface area contributed by atoms with Crippen molar-refractivity contribution in [3.8, 4) is 17.3 Å². The smallest absolute Gasteiger partial charge is 0.305 e. The highest BCUT2D eigenvalue weighted by molar-refractivity contribution is 5.97. The average Bonchev–Trinajstić information content (AvgIpc) is 3.07. The number of methoxy groups -OCH3 is 1. The van der Waals surface area contributed by atoms with E-state index in [4.69, 9.17) is 9.84 Å². The second kappa shape index (κ2) is 8.28. The molecule has 162 valence electrons. The zero-order valence-electron chi connectivity index (χ0n) is 16.9. The third-order valence-corrected chi connectivity index (χ3v) is 5.13. The molecule has 10 heteroatoms. The fourth-order valence-electron chi connectivity index (χ4n) is 3.23. The lowest BCUT2D eigenvalue weighted by Gasteiger charge is -2.33. The van der Waals surface area contributed by atoms with E-state index in [0.717, 1.165) is 16.7 Å². The first kappa shape index (κ1) is 22.1. The molecule has 0 aliphatic rings. The summed E-state index contributed by atoms with van der Waals surface area (Å²) in [6.07, 6.45) is 3.95. The molecular weight excluding hydrogens is 413 g/mol. The zero-order chi connectivity index (χ0) is 22.9. The van der Waals surface area contributed by atoms with Crippen LogP contribution in [-0.4, -0.2) is 39.4 Å². The molecular formula is C21H19F3N4O3. The van der Waals surface area contributed by atoms with Gasteiger partial charge in [0, 0.05) is 42.1 Å². The number of carboxylic acid groups (broad SMARTS) is 1. The Morgan fingerprint density at radius 1 is 1.32 bits per heavy atom. The number of rotatable bonds is 7. The van der Waals surface area contributed by atoms with Gasteiger partial charge in [0.05, 0.1) is 23.6 Å². The SMILES string of the molecule is COC(C)(C)C(CC(=O)O)Nc1ncc(-c2cn(C#N)c3c(F)cc(F)cc23)cc1F. The van der Waals surface area contributed by atoms with Crippen LogP contribution in [0.25, 0.3) is 22.0 Å². The van der Waals surface area contributed by atoms with Crippen LogP contribution in [0.5, 0.6) is 0 Å². The number of carboxylic acids is 1. The fraction of sp³-hybridized carbons (Fsp3) is 0.286. The van der Waals surface area contributed by atoms with E-state index in [0.29, 0.717) is 6.07 Å². The van der Waals surface area contributed by atoms with Gasteiger partial charge in [-0.05, 0) is 26.0 Å². The van der Waals surface area contributed by atoms with Crippen LogP contribution in [0.1, 0.15) is 20.3 Å². The summed E-state index contributed by atoms with van der Waals surface area (Å²) in [5, 5.41) is 21.2. The van der Waals surface area contributed by atoms with E-state index >= 15 is 0 Å². The Bertz CT molecular complexity index is 1200. The molecule has 2 N–H and O–H groups in total. The highest BCUT2D eigenvalue weighted by Gasteiger charge is 2.32. The molecule has 7 nitrogen and oxygen atoms in total. The Morgan fingerprint density at radius 3 is 2.61 bits per heavy atom. The Balaban J connectivity index is 2.03. The number of carbonyl (C=O) groups is 1. The van der Waals surface area contributed by atoms with Gasteiger partial charge in [-0.2, -0.15) is 5.26 Å². The van der Waals surface area contributed by atoms with Gasteiger partial charge in [-0.15, -0.1) is 0 Å². The summed E-state index contributed by atoms with van der Waals surface area (Å²) in [5.74, 6) is -3.89. The Kier molecular flexibility index (Phi) is 5.90. The zero-order valence-corrected chi connectivity index (χ0v) is 16.9. The summed E-state index contributed by atoms with van der Waals surface area (Å²) in [6, 6.07) is 2.00. The maximum absolute atomic E-state index is 14.8. The number of nitrogens with one attached hydrogen (secondary N) is 1. The van der Waals surface area contributed by atoms with Crippen molar-refractivity contribution >= 4 is 22.7 Å². The molecule has 31 heavy (non-hydrogen) atoms. The van der Waals surface area contributed by atoms with Gasteiger partial charge >= 0.3 is 5.97 Å². The highest BCUT2D eigenvalue weighted by atomic mass is 19.1. The number of nitriles is 1. The van der Waals surface area contributed by atoms with Gasteiger partial charge in [-0.25, -0.2) is 18.2 Å². The van der Waals surface area contributed by atoms with Crippen LogP contribution in [0.4, 0.5) is 19.0 Å². The molecule has 0 radical (unpaired) electrons. The van der Waals surface area contributed by atoms with E-state index in [1.165, 1.54) is 19.5 Å². The number of nitrogens with zero attached hydrogens (tertiary/aromatic N) is 3. The van der Waals surface area contributed by atoms with Crippen molar-refractivity contribution in [1.29, 1.82) is 5.26 Å². The van der Waals surface area contributed by atoms with Gasteiger partial charge in [0.25, 0.3) is 0 Å². The standard InChI is InChI=1S/C21H19F3N4O3/c1-21(2,31-3)17(7-18(29)30)27-20-16(24)4-11(8-26-20)14-9-28(10-25)19-13(14)5-12(22)6-15(19)23/h4-6,8-9,17H,7H2,1-3H3,(H,26,27)(H,29,30). The largest absolute Gasteiger partial charge is 0.481 e. The number of ether oxygens (including phenoxy) is 1. The minimum absolute atomic E-state index is 0.0882. The third kappa shape index (κ3) is 4.32. The molecule has 3 rings (SSSR count). The molecule has 0 aliphatic carbocycles. The van der Waals surface area contributed by atoms with E-state index in [1.807, 2.05) is 0 Å². The molecule has 0 fully saturated rings. The van der Waals surface area contributed by atoms with Crippen LogP contribution in [0.2, 0.25) is 0 Å². The summed E-state index contributed by atoms with van der Waals surface area (Å²) < 4.78 is 49.0. The lowest BCUT2D eigenvalue weighted by Crippen LogP contribution is -2.45.